The molecule has 0 radical (unpaired) electrons. The zero-order valence-corrected chi connectivity index (χ0v) is 20.1. The molecule has 0 spiro atoms. The second-order valence-electron chi connectivity index (χ2n) is 8.70. The average Bonchev–Trinajstić information content (AvgIpc) is 2.82. The van der Waals surface area contributed by atoms with Crippen LogP contribution in [0.4, 0.5) is 0 Å². The van der Waals surface area contributed by atoms with E-state index in [0.29, 0.717) is 23.6 Å². The van der Waals surface area contributed by atoms with Gasteiger partial charge in [0.15, 0.2) is 0 Å². The number of carbonyl (C=O) groups is 2. The number of para-hydroxylation sites is 2. The van der Waals surface area contributed by atoms with E-state index in [1.807, 2.05) is 24.3 Å². The van der Waals surface area contributed by atoms with Gasteiger partial charge in [-0.15, -0.1) is 0 Å². The van der Waals surface area contributed by atoms with Gasteiger partial charge in [-0.2, -0.15) is 0 Å². The molecule has 4 rings (SSSR count). The molecule has 1 heterocycles. The van der Waals surface area contributed by atoms with Gasteiger partial charge in [-0.25, -0.2) is 9.97 Å². The van der Waals surface area contributed by atoms with Crippen molar-refractivity contribution in [2.24, 2.45) is 0 Å². The van der Waals surface area contributed by atoms with Gasteiger partial charge in [0.05, 0.1) is 22.5 Å². The topological polar surface area (TPSA) is 84.0 Å². The third kappa shape index (κ3) is 6.85. The molecule has 0 unspecified atom stereocenters. The van der Waals surface area contributed by atoms with Crippen LogP contribution in [0.2, 0.25) is 0 Å². The van der Waals surface area contributed by atoms with Gasteiger partial charge in [0.25, 0.3) is 0 Å². The van der Waals surface area contributed by atoms with E-state index in [2.05, 4.69) is 10.6 Å². The standard InChI is InChI=1S/C24H32N4O2S2/c29-21(25-17-9-3-1-4-10-17)15-31-23-24(28-20-14-8-7-13-19(20)27-23)32-16-22(30)26-18-11-5-2-6-12-18/h7-8,13-14,17-18H,1-6,9-12,15-16H2,(H,25,29)(H,26,30). The van der Waals surface area contributed by atoms with Crippen LogP contribution in [0.25, 0.3) is 11.0 Å². The Balaban J connectivity index is 1.38. The van der Waals surface area contributed by atoms with Crippen LogP contribution in [0.1, 0.15) is 64.2 Å². The fourth-order valence-corrected chi connectivity index (χ4v) is 6.18. The normalized spacial score (nSPS) is 17.9. The Morgan fingerprint density at radius 2 is 1.12 bits per heavy atom. The van der Waals surface area contributed by atoms with Crippen molar-refractivity contribution < 1.29 is 9.59 Å². The Bertz CT molecular complexity index is 853. The molecular formula is C24H32N4O2S2. The van der Waals surface area contributed by atoms with Crippen LogP contribution in [0.5, 0.6) is 0 Å². The number of aromatic nitrogens is 2. The van der Waals surface area contributed by atoms with Gasteiger partial charge in [-0.05, 0) is 37.8 Å². The quantitative estimate of drug-likeness (QED) is 0.541. The molecule has 0 saturated heterocycles. The van der Waals surface area contributed by atoms with Gasteiger partial charge in [0.2, 0.25) is 11.8 Å². The molecule has 2 aromatic rings. The number of carbonyl (C=O) groups excluding carboxylic acids is 2. The zero-order chi connectivity index (χ0) is 22.2. The summed E-state index contributed by atoms with van der Waals surface area (Å²) in [4.78, 5) is 34.5. The fourth-order valence-electron chi connectivity index (χ4n) is 4.46. The second-order valence-corrected chi connectivity index (χ2v) is 10.6. The van der Waals surface area contributed by atoms with Crippen molar-refractivity contribution in [3.05, 3.63) is 24.3 Å². The summed E-state index contributed by atoms with van der Waals surface area (Å²) in [6.07, 6.45) is 11.6. The lowest BCUT2D eigenvalue weighted by molar-refractivity contribution is -0.120. The number of nitrogens with one attached hydrogen (secondary N) is 2. The minimum absolute atomic E-state index is 0.0443. The van der Waals surface area contributed by atoms with Crippen LogP contribution in [0, 0.1) is 0 Å². The average molecular weight is 473 g/mol. The number of rotatable bonds is 8. The second kappa shape index (κ2) is 11.9. The van der Waals surface area contributed by atoms with Gasteiger partial charge in [0.1, 0.15) is 10.1 Å². The molecule has 8 heteroatoms. The molecule has 2 N–H and O–H groups in total. The highest BCUT2D eigenvalue weighted by Gasteiger charge is 2.19. The minimum atomic E-state index is 0.0443. The summed E-state index contributed by atoms with van der Waals surface area (Å²) >= 11 is 2.82. The molecule has 2 aliphatic rings. The Labute approximate surface area is 198 Å². The molecule has 0 bridgehead atoms. The summed E-state index contributed by atoms with van der Waals surface area (Å²) in [6, 6.07) is 8.34. The smallest absolute Gasteiger partial charge is 0.230 e. The predicted molar refractivity (Wildman–Crippen MR) is 131 cm³/mol. The number of hydrogen-bond donors (Lipinski definition) is 2. The van der Waals surface area contributed by atoms with Crippen molar-refractivity contribution in [3.63, 3.8) is 0 Å². The van der Waals surface area contributed by atoms with Gasteiger partial charge in [-0.1, -0.05) is 74.2 Å². The van der Waals surface area contributed by atoms with Crippen molar-refractivity contribution in [1.82, 2.24) is 20.6 Å². The van der Waals surface area contributed by atoms with E-state index in [4.69, 9.17) is 9.97 Å². The molecule has 0 aliphatic heterocycles. The number of fused-ring (bicyclic) bond motifs is 1. The largest absolute Gasteiger partial charge is 0.353 e. The molecular weight excluding hydrogens is 440 g/mol. The maximum Gasteiger partial charge on any atom is 0.230 e. The third-order valence-corrected chi connectivity index (χ3v) is 8.19. The molecule has 2 aliphatic carbocycles. The van der Waals surface area contributed by atoms with Crippen LogP contribution in [-0.2, 0) is 9.59 Å². The Morgan fingerprint density at radius 1 is 0.719 bits per heavy atom. The molecule has 2 amide bonds. The Kier molecular flexibility index (Phi) is 8.68. The van der Waals surface area contributed by atoms with Crippen LogP contribution in [0.15, 0.2) is 34.3 Å². The van der Waals surface area contributed by atoms with Gasteiger partial charge < -0.3 is 10.6 Å². The summed E-state index contributed by atoms with van der Waals surface area (Å²) in [7, 11) is 0. The molecule has 172 valence electrons. The first-order valence-electron chi connectivity index (χ1n) is 11.8. The van der Waals surface area contributed by atoms with E-state index in [1.54, 1.807) is 0 Å². The third-order valence-electron chi connectivity index (χ3n) is 6.13. The summed E-state index contributed by atoms with van der Waals surface area (Å²) in [5.74, 6) is 0.710. The lowest BCUT2D eigenvalue weighted by atomic mass is 9.95. The summed E-state index contributed by atoms with van der Waals surface area (Å²) in [5, 5.41) is 7.77. The molecule has 2 fully saturated rings. The van der Waals surface area contributed by atoms with E-state index in [9.17, 15) is 9.59 Å². The van der Waals surface area contributed by atoms with E-state index < -0.39 is 0 Å². The summed E-state index contributed by atoms with van der Waals surface area (Å²) in [5.41, 5.74) is 1.61. The predicted octanol–water partition coefficient (Wildman–Crippen LogP) is 4.71. The van der Waals surface area contributed by atoms with Crippen LogP contribution < -0.4 is 10.6 Å². The van der Waals surface area contributed by atoms with Crippen molar-refractivity contribution in [2.75, 3.05) is 11.5 Å². The van der Waals surface area contributed by atoms with Gasteiger partial charge >= 0.3 is 0 Å². The van der Waals surface area contributed by atoms with E-state index in [1.165, 1.54) is 62.0 Å². The van der Waals surface area contributed by atoms with Crippen LogP contribution >= 0.6 is 23.5 Å². The first kappa shape index (κ1) is 23.4. The van der Waals surface area contributed by atoms with E-state index in [-0.39, 0.29) is 11.8 Å². The van der Waals surface area contributed by atoms with E-state index in [0.717, 1.165) is 46.8 Å². The van der Waals surface area contributed by atoms with Crippen molar-refractivity contribution >= 4 is 46.4 Å². The van der Waals surface area contributed by atoms with Gasteiger partial charge in [-0.3, -0.25) is 9.59 Å². The highest BCUT2D eigenvalue weighted by Crippen LogP contribution is 2.30. The van der Waals surface area contributed by atoms with Crippen LogP contribution in [-0.4, -0.2) is 45.4 Å². The molecule has 1 aromatic heterocycles. The van der Waals surface area contributed by atoms with Crippen molar-refractivity contribution in [1.29, 1.82) is 0 Å². The number of benzene rings is 1. The maximum absolute atomic E-state index is 12.5. The minimum Gasteiger partial charge on any atom is -0.353 e. The molecule has 32 heavy (non-hydrogen) atoms. The lowest BCUT2D eigenvalue weighted by Gasteiger charge is -2.23. The van der Waals surface area contributed by atoms with Gasteiger partial charge in [0, 0.05) is 12.1 Å². The Hall–Kier alpha value is -1.80. The van der Waals surface area contributed by atoms with Crippen molar-refractivity contribution in [3.8, 4) is 0 Å². The van der Waals surface area contributed by atoms with Crippen molar-refractivity contribution in [2.45, 2.75) is 86.3 Å². The highest BCUT2D eigenvalue weighted by molar-refractivity contribution is 8.02. The number of thioether (sulfide) groups is 2. The SMILES string of the molecule is O=C(CSc1nc2ccccc2nc1SCC(=O)NC1CCCCC1)NC1CCCCC1. The van der Waals surface area contributed by atoms with E-state index >= 15 is 0 Å². The molecule has 0 atom stereocenters. The highest BCUT2D eigenvalue weighted by atomic mass is 32.2. The monoisotopic (exact) mass is 472 g/mol. The number of hydrogen-bond acceptors (Lipinski definition) is 6. The Morgan fingerprint density at radius 3 is 1.53 bits per heavy atom. The molecule has 1 aromatic carbocycles. The zero-order valence-electron chi connectivity index (χ0n) is 18.5. The number of amides is 2. The first-order chi connectivity index (χ1) is 15.7. The first-order valence-corrected chi connectivity index (χ1v) is 13.8. The fraction of sp³-hybridized carbons (Fsp3) is 0.583. The summed E-state index contributed by atoms with van der Waals surface area (Å²) < 4.78 is 0. The summed E-state index contributed by atoms with van der Waals surface area (Å²) in [6.45, 7) is 0. The maximum atomic E-state index is 12.5. The number of nitrogens with zero attached hydrogens (tertiary/aromatic N) is 2. The van der Waals surface area contributed by atoms with Crippen LogP contribution in [0.3, 0.4) is 0 Å². The molecule has 6 nitrogen and oxygen atoms in total. The molecule has 2 saturated carbocycles. The lowest BCUT2D eigenvalue weighted by Crippen LogP contribution is -2.37.